The van der Waals surface area contributed by atoms with Gasteiger partial charge in [0.25, 0.3) is 0 Å². The standard InChI is InChI=1S/C16H14N6S/c1-2-18-16(23)21-15-12(9-17)10-19-22(15)14-8-7-11-5-3-4-6-13(11)20-14/h3-8,10H,2H2,1H3,(H2,18,21,23). The minimum Gasteiger partial charge on any atom is -0.363 e. The largest absolute Gasteiger partial charge is 0.363 e. The normalized spacial score (nSPS) is 10.3. The van der Waals surface area contributed by atoms with Gasteiger partial charge < -0.3 is 10.6 Å². The molecule has 0 unspecified atom stereocenters. The molecule has 23 heavy (non-hydrogen) atoms. The van der Waals surface area contributed by atoms with E-state index in [4.69, 9.17) is 12.2 Å². The van der Waals surface area contributed by atoms with Gasteiger partial charge in [0.15, 0.2) is 16.7 Å². The van der Waals surface area contributed by atoms with Crippen molar-refractivity contribution in [3.05, 3.63) is 48.2 Å². The second kappa shape index (κ2) is 6.42. The van der Waals surface area contributed by atoms with Crippen LogP contribution in [-0.4, -0.2) is 26.4 Å². The van der Waals surface area contributed by atoms with E-state index in [2.05, 4.69) is 26.8 Å². The lowest BCUT2D eigenvalue weighted by atomic mass is 10.2. The third-order valence-corrected chi connectivity index (χ3v) is 3.51. The van der Waals surface area contributed by atoms with Crippen LogP contribution in [0.3, 0.4) is 0 Å². The third-order valence-electron chi connectivity index (χ3n) is 3.26. The summed E-state index contributed by atoms with van der Waals surface area (Å²) in [5, 5.41) is 21.0. The highest BCUT2D eigenvalue weighted by Gasteiger charge is 2.14. The molecule has 0 aliphatic rings. The molecule has 3 aromatic rings. The Kier molecular flexibility index (Phi) is 4.17. The number of benzene rings is 1. The average Bonchev–Trinajstić information content (AvgIpc) is 2.97. The minimum absolute atomic E-state index is 0.403. The van der Waals surface area contributed by atoms with Crippen molar-refractivity contribution in [1.82, 2.24) is 20.1 Å². The van der Waals surface area contributed by atoms with Crippen LogP contribution in [-0.2, 0) is 0 Å². The molecule has 0 fully saturated rings. The number of thiocarbonyl (C=S) groups is 1. The molecule has 0 saturated heterocycles. The number of pyridine rings is 1. The van der Waals surface area contributed by atoms with Gasteiger partial charge in [-0.2, -0.15) is 15.0 Å². The molecule has 0 bridgehead atoms. The zero-order chi connectivity index (χ0) is 16.2. The van der Waals surface area contributed by atoms with Crippen molar-refractivity contribution in [3.8, 4) is 11.9 Å². The second-order valence-electron chi connectivity index (χ2n) is 4.78. The van der Waals surface area contributed by atoms with Crippen LogP contribution in [0.2, 0.25) is 0 Å². The van der Waals surface area contributed by atoms with E-state index in [1.807, 2.05) is 43.3 Å². The van der Waals surface area contributed by atoms with Gasteiger partial charge >= 0.3 is 0 Å². The number of rotatable bonds is 3. The van der Waals surface area contributed by atoms with Crippen molar-refractivity contribution in [2.24, 2.45) is 0 Å². The zero-order valence-corrected chi connectivity index (χ0v) is 13.3. The van der Waals surface area contributed by atoms with Crippen molar-refractivity contribution in [1.29, 1.82) is 5.26 Å². The lowest BCUT2D eigenvalue weighted by molar-refractivity contribution is 0.859. The highest BCUT2D eigenvalue weighted by atomic mass is 32.1. The Morgan fingerprint density at radius 3 is 2.91 bits per heavy atom. The molecule has 2 aromatic heterocycles. The predicted molar refractivity (Wildman–Crippen MR) is 93.5 cm³/mol. The Morgan fingerprint density at radius 2 is 2.13 bits per heavy atom. The number of para-hydroxylation sites is 1. The molecule has 2 heterocycles. The summed E-state index contributed by atoms with van der Waals surface area (Å²) in [6.07, 6.45) is 1.49. The van der Waals surface area contributed by atoms with Crippen LogP contribution in [0.4, 0.5) is 5.82 Å². The summed E-state index contributed by atoms with van der Waals surface area (Å²) in [5.41, 5.74) is 1.26. The Morgan fingerprint density at radius 1 is 1.30 bits per heavy atom. The molecule has 0 saturated carbocycles. The van der Waals surface area contributed by atoms with Crippen molar-refractivity contribution in [2.45, 2.75) is 6.92 Å². The number of fused-ring (bicyclic) bond motifs is 1. The van der Waals surface area contributed by atoms with Gasteiger partial charge in [-0.1, -0.05) is 18.2 Å². The number of nitrogens with one attached hydrogen (secondary N) is 2. The molecule has 0 atom stereocenters. The molecule has 3 rings (SSSR count). The number of hydrogen-bond donors (Lipinski definition) is 2. The van der Waals surface area contributed by atoms with Crippen molar-refractivity contribution in [2.75, 3.05) is 11.9 Å². The molecular formula is C16H14N6S. The van der Waals surface area contributed by atoms with Crippen molar-refractivity contribution >= 4 is 34.1 Å². The average molecular weight is 322 g/mol. The van der Waals surface area contributed by atoms with E-state index < -0.39 is 0 Å². The first-order chi connectivity index (χ1) is 11.2. The first-order valence-electron chi connectivity index (χ1n) is 7.12. The maximum Gasteiger partial charge on any atom is 0.171 e. The maximum absolute atomic E-state index is 9.27. The Hall–Kier alpha value is -2.98. The van der Waals surface area contributed by atoms with Crippen LogP contribution in [0.25, 0.3) is 16.7 Å². The number of hydrogen-bond acceptors (Lipinski definition) is 4. The summed E-state index contributed by atoms with van der Waals surface area (Å²) in [6, 6.07) is 13.8. The quantitative estimate of drug-likeness (QED) is 0.722. The number of anilines is 1. The Balaban J connectivity index is 2.06. The van der Waals surface area contributed by atoms with Gasteiger partial charge in [-0.25, -0.2) is 4.98 Å². The van der Waals surface area contributed by atoms with Gasteiger partial charge in [0.1, 0.15) is 11.6 Å². The molecule has 0 aliphatic carbocycles. The van der Waals surface area contributed by atoms with E-state index in [1.165, 1.54) is 6.20 Å². The highest BCUT2D eigenvalue weighted by Crippen LogP contribution is 2.20. The second-order valence-corrected chi connectivity index (χ2v) is 5.19. The zero-order valence-electron chi connectivity index (χ0n) is 12.4. The van der Waals surface area contributed by atoms with Crippen LogP contribution in [0.1, 0.15) is 12.5 Å². The molecule has 6 nitrogen and oxygen atoms in total. The molecule has 0 spiro atoms. The summed E-state index contributed by atoms with van der Waals surface area (Å²) >= 11 is 5.20. The number of aromatic nitrogens is 3. The maximum atomic E-state index is 9.27. The summed E-state index contributed by atoms with van der Waals surface area (Å²) in [7, 11) is 0. The Labute approximate surface area is 138 Å². The van der Waals surface area contributed by atoms with Gasteiger partial charge in [-0.05, 0) is 37.3 Å². The number of nitriles is 1. The fourth-order valence-electron chi connectivity index (χ4n) is 2.21. The molecular weight excluding hydrogens is 308 g/mol. The van der Waals surface area contributed by atoms with Crippen molar-refractivity contribution in [3.63, 3.8) is 0 Å². The lowest BCUT2D eigenvalue weighted by Crippen LogP contribution is -2.29. The van der Waals surface area contributed by atoms with E-state index in [1.54, 1.807) is 4.68 Å². The van der Waals surface area contributed by atoms with Gasteiger partial charge in [0, 0.05) is 11.9 Å². The SMILES string of the molecule is CCNC(=S)Nc1c(C#N)cnn1-c1ccc2ccccc2n1. The van der Waals surface area contributed by atoms with Crippen LogP contribution in [0.15, 0.2) is 42.6 Å². The van der Waals surface area contributed by atoms with Crippen LogP contribution in [0, 0.1) is 11.3 Å². The first-order valence-corrected chi connectivity index (χ1v) is 7.53. The summed E-state index contributed by atoms with van der Waals surface area (Å²) in [5.74, 6) is 1.12. The summed E-state index contributed by atoms with van der Waals surface area (Å²) in [6.45, 7) is 2.64. The van der Waals surface area contributed by atoms with E-state index in [-0.39, 0.29) is 0 Å². The van der Waals surface area contributed by atoms with E-state index in [0.717, 1.165) is 10.9 Å². The third kappa shape index (κ3) is 2.98. The van der Waals surface area contributed by atoms with Crippen LogP contribution >= 0.6 is 12.2 Å². The van der Waals surface area contributed by atoms with E-state index >= 15 is 0 Å². The van der Waals surface area contributed by atoms with Crippen LogP contribution < -0.4 is 10.6 Å². The lowest BCUT2D eigenvalue weighted by Gasteiger charge is -2.11. The molecule has 0 amide bonds. The first kappa shape index (κ1) is 14.9. The molecule has 0 radical (unpaired) electrons. The topological polar surface area (TPSA) is 78.6 Å². The van der Waals surface area contributed by atoms with Crippen molar-refractivity contribution < 1.29 is 0 Å². The van der Waals surface area contributed by atoms with E-state index in [9.17, 15) is 5.26 Å². The molecule has 114 valence electrons. The highest BCUT2D eigenvalue weighted by molar-refractivity contribution is 7.80. The van der Waals surface area contributed by atoms with Gasteiger partial charge in [-0.3, -0.25) is 0 Å². The monoisotopic (exact) mass is 322 g/mol. The number of nitrogens with zero attached hydrogens (tertiary/aromatic N) is 4. The fraction of sp³-hybridized carbons (Fsp3) is 0.125. The minimum atomic E-state index is 0.403. The molecule has 2 N–H and O–H groups in total. The molecule has 0 aliphatic heterocycles. The van der Waals surface area contributed by atoms with Gasteiger partial charge in [0.2, 0.25) is 0 Å². The summed E-state index contributed by atoms with van der Waals surface area (Å²) in [4.78, 5) is 4.59. The predicted octanol–water partition coefficient (Wildman–Crippen LogP) is 2.60. The Bertz CT molecular complexity index is 908. The molecule has 7 heteroatoms. The van der Waals surface area contributed by atoms with Gasteiger partial charge in [0.05, 0.1) is 11.7 Å². The smallest absolute Gasteiger partial charge is 0.171 e. The molecule has 1 aromatic carbocycles. The van der Waals surface area contributed by atoms with Gasteiger partial charge in [-0.15, -0.1) is 0 Å². The summed E-state index contributed by atoms with van der Waals surface area (Å²) < 4.78 is 1.58. The van der Waals surface area contributed by atoms with Crippen LogP contribution in [0.5, 0.6) is 0 Å². The fourth-order valence-corrected chi connectivity index (χ4v) is 2.45. The van der Waals surface area contributed by atoms with E-state index in [0.29, 0.717) is 28.9 Å².